The number of hydrogen-bond acceptors (Lipinski definition) is 2. The van der Waals surface area contributed by atoms with Crippen LogP contribution in [-0.2, 0) is 19.9 Å². The smallest absolute Gasteiger partial charge is 0.0793 e. The number of aliphatic hydroxyl groups is 1. The van der Waals surface area contributed by atoms with E-state index in [1.807, 2.05) is 42.1 Å². The lowest BCUT2D eigenvalue weighted by atomic mass is 10.0. The van der Waals surface area contributed by atoms with Crippen LogP contribution >= 0.6 is 15.9 Å². The van der Waals surface area contributed by atoms with Crippen molar-refractivity contribution in [2.45, 2.75) is 32.3 Å². The lowest BCUT2D eigenvalue weighted by molar-refractivity contribution is 0.167. The fourth-order valence-electron chi connectivity index (χ4n) is 2.21. The van der Waals surface area contributed by atoms with Gasteiger partial charge < -0.3 is 5.11 Å². The third kappa shape index (κ3) is 3.25. The predicted octanol–water partition coefficient (Wildman–Crippen LogP) is 3.41. The van der Waals surface area contributed by atoms with E-state index in [1.165, 1.54) is 0 Å². The van der Waals surface area contributed by atoms with E-state index in [-0.39, 0.29) is 0 Å². The van der Waals surface area contributed by atoms with Gasteiger partial charge in [-0.05, 0) is 40.8 Å². The quantitative estimate of drug-likeness (QED) is 0.916. The normalized spacial score (nSPS) is 12.6. The summed E-state index contributed by atoms with van der Waals surface area (Å²) in [4.78, 5) is 0. The number of aryl methyl sites for hydroxylation is 2. The molecule has 1 aromatic carbocycles. The molecule has 4 heteroatoms. The highest BCUT2D eigenvalue weighted by Gasteiger charge is 2.14. The highest BCUT2D eigenvalue weighted by Crippen LogP contribution is 2.25. The molecule has 0 amide bonds. The van der Waals surface area contributed by atoms with Crippen molar-refractivity contribution in [3.63, 3.8) is 0 Å². The van der Waals surface area contributed by atoms with E-state index < -0.39 is 6.10 Å². The van der Waals surface area contributed by atoms with Crippen LogP contribution in [-0.4, -0.2) is 14.9 Å². The zero-order valence-electron chi connectivity index (χ0n) is 11.3. The van der Waals surface area contributed by atoms with Crippen molar-refractivity contribution < 1.29 is 5.11 Å². The van der Waals surface area contributed by atoms with Gasteiger partial charge in [0.25, 0.3) is 0 Å². The minimum Gasteiger partial charge on any atom is -0.388 e. The van der Waals surface area contributed by atoms with E-state index in [2.05, 4.69) is 28.0 Å². The monoisotopic (exact) mass is 322 g/mol. The van der Waals surface area contributed by atoms with Crippen molar-refractivity contribution in [2.24, 2.45) is 7.05 Å². The van der Waals surface area contributed by atoms with Crippen molar-refractivity contribution in [3.8, 4) is 0 Å². The molecule has 2 aromatic rings. The molecular weight excluding hydrogens is 304 g/mol. The number of hydrogen-bond donors (Lipinski definition) is 1. The third-order valence-electron chi connectivity index (χ3n) is 3.34. The zero-order valence-corrected chi connectivity index (χ0v) is 12.9. The van der Waals surface area contributed by atoms with Crippen LogP contribution in [0.15, 0.2) is 34.8 Å². The average molecular weight is 323 g/mol. The number of aromatic nitrogens is 2. The van der Waals surface area contributed by atoms with Crippen LogP contribution < -0.4 is 0 Å². The zero-order chi connectivity index (χ0) is 13.8. The Bertz CT molecular complexity index is 537. The Labute approximate surface area is 122 Å². The van der Waals surface area contributed by atoms with Crippen molar-refractivity contribution in [1.29, 1.82) is 0 Å². The molecular formula is C15H19BrN2O. The van der Waals surface area contributed by atoms with Crippen LogP contribution in [0.25, 0.3) is 0 Å². The van der Waals surface area contributed by atoms with Crippen LogP contribution in [0.4, 0.5) is 0 Å². The van der Waals surface area contributed by atoms with Crippen molar-refractivity contribution in [1.82, 2.24) is 9.78 Å². The fourth-order valence-corrected chi connectivity index (χ4v) is 3.02. The molecule has 0 bridgehead atoms. The summed E-state index contributed by atoms with van der Waals surface area (Å²) < 4.78 is 2.98. The molecule has 0 aliphatic rings. The van der Waals surface area contributed by atoms with Gasteiger partial charge in [0.2, 0.25) is 0 Å². The maximum Gasteiger partial charge on any atom is 0.0793 e. The van der Waals surface area contributed by atoms with Crippen molar-refractivity contribution >= 4 is 15.9 Å². The summed E-state index contributed by atoms with van der Waals surface area (Å²) in [5.74, 6) is 0. The summed E-state index contributed by atoms with van der Waals surface area (Å²) in [6, 6.07) is 9.78. The molecule has 2 rings (SSSR count). The van der Waals surface area contributed by atoms with Gasteiger partial charge in [0.15, 0.2) is 0 Å². The predicted molar refractivity (Wildman–Crippen MR) is 80.0 cm³/mol. The molecule has 1 aromatic heterocycles. The van der Waals surface area contributed by atoms with Crippen molar-refractivity contribution in [2.75, 3.05) is 0 Å². The number of halogens is 1. The summed E-state index contributed by atoms with van der Waals surface area (Å²) >= 11 is 3.60. The molecule has 0 saturated carbocycles. The van der Waals surface area contributed by atoms with Crippen LogP contribution in [0, 0.1) is 0 Å². The SMILES string of the molecule is CCc1nn(C)c(CCC(O)c2ccccc2)c1Br. The van der Waals surface area contributed by atoms with E-state index in [9.17, 15) is 5.11 Å². The molecule has 102 valence electrons. The van der Waals surface area contributed by atoms with E-state index in [0.717, 1.165) is 34.3 Å². The molecule has 1 heterocycles. The van der Waals surface area contributed by atoms with Gasteiger partial charge in [0.05, 0.1) is 22.0 Å². The minimum absolute atomic E-state index is 0.423. The second-order valence-electron chi connectivity index (χ2n) is 4.65. The second kappa shape index (κ2) is 6.35. The average Bonchev–Trinajstić information content (AvgIpc) is 2.72. The molecule has 0 spiro atoms. The van der Waals surface area contributed by atoms with E-state index >= 15 is 0 Å². The molecule has 0 fully saturated rings. The lowest BCUT2D eigenvalue weighted by Gasteiger charge is -2.11. The topological polar surface area (TPSA) is 38.0 Å². The van der Waals surface area contributed by atoms with Gasteiger partial charge in [-0.1, -0.05) is 37.3 Å². The third-order valence-corrected chi connectivity index (χ3v) is 4.26. The first-order valence-electron chi connectivity index (χ1n) is 6.56. The minimum atomic E-state index is -0.423. The number of benzene rings is 1. The highest BCUT2D eigenvalue weighted by atomic mass is 79.9. The lowest BCUT2D eigenvalue weighted by Crippen LogP contribution is -2.03. The Kier molecular flexibility index (Phi) is 4.77. The number of nitrogens with zero attached hydrogens (tertiary/aromatic N) is 2. The molecule has 3 nitrogen and oxygen atoms in total. The van der Waals surface area contributed by atoms with E-state index in [1.54, 1.807) is 0 Å². The maximum absolute atomic E-state index is 10.2. The summed E-state index contributed by atoms with van der Waals surface area (Å²) in [7, 11) is 1.95. The Morgan fingerprint density at radius 3 is 2.58 bits per heavy atom. The van der Waals surface area contributed by atoms with Crippen molar-refractivity contribution in [3.05, 3.63) is 51.8 Å². The molecule has 0 saturated heterocycles. The number of aliphatic hydroxyl groups excluding tert-OH is 1. The standard InChI is InChI=1S/C15H19BrN2O/c1-3-12-15(16)13(18(2)17-12)9-10-14(19)11-7-5-4-6-8-11/h4-8,14,19H,3,9-10H2,1-2H3. The summed E-state index contributed by atoms with van der Waals surface area (Å²) in [5.41, 5.74) is 3.19. The fraction of sp³-hybridized carbons (Fsp3) is 0.400. The molecule has 1 N–H and O–H groups in total. The first-order chi connectivity index (χ1) is 9.13. The summed E-state index contributed by atoms with van der Waals surface area (Å²) in [5, 5.41) is 14.7. The summed E-state index contributed by atoms with van der Waals surface area (Å²) in [6.07, 6.45) is 1.99. The van der Waals surface area contributed by atoms with Gasteiger partial charge in [-0.3, -0.25) is 4.68 Å². The number of rotatable bonds is 5. The maximum atomic E-state index is 10.2. The Morgan fingerprint density at radius 2 is 2.00 bits per heavy atom. The van der Waals surface area contributed by atoms with E-state index in [0.29, 0.717) is 6.42 Å². The van der Waals surface area contributed by atoms with Crippen LogP contribution in [0.1, 0.15) is 36.4 Å². The largest absolute Gasteiger partial charge is 0.388 e. The van der Waals surface area contributed by atoms with Gasteiger partial charge >= 0.3 is 0 Å². The van der Waals surface area contributed by atoms with Crippen LogP contribution in [0.3, 0.4) is 0 Å². The molecule has 19 heavy (non-hydrogen) atoms. The van der Waals surface area contributed by atoms with Gasteiger partial charge in [-0.15, -0.1) is 0 Å². The second-order valence-corrected chi connectivity index (χ2v) is 5.44. The highest BCUT2D eigenvalue weighted by molar-refractivity contribution is 9.10. The van der Waals surface area contributed by atoms with Crippen LogP contribution in [0.2, 0.25) is 0 Å². The molecule has 0 aliphatic carbocycles. The first-order valence-corrected chi connectivity index (χ1v) is 7.36. The van der Waals surface area contributed by atoms with Gasteiger partial charge in [-0.25, -0.2) is 0 Å². The summed E-state index contributed by atoms with van der Waals surface area (Å²) in [6.45, 7) is 2.09. The van der Waals surface area contributed by atoms with Gasteiger partial charge in [0.1, 0.15) is 0 Å². The molecule has 1 atom stereocenters. The van der Waals surface area contributed by atoms with E-state index in [4.69, 9.17) is 0 Å². The first kappa shape index (κ1) is 14.3. The van der Waals surface area contributed by atoms with Crippen LogP contribution in [0.5, 0.6) is 0 Å². The Morgan fingerprint density at radius 1 is 1.32 bits per heavy atom. The van der Waals surface area contributed by atoms with Gasteiger partial charge in [0, 0.05) is 7.05 Å². The Hall–Kier alpha value is -1.13. The molecule has 1 unspecified atom stereocenters. The molecule has 0 radical (unpaired) electrons. The van der Waals surface area contributed by atoms with Gasteiger partial charge in [-0.2, -0.15) is 5.10 Å². The molecule has 0 aliphatic heterocycles. The Balaban J connectivity index is 2.05.